The Bertz CT molecular complexity index is 411. The van der Waals surface area contributed by atoms with Gasteiger partial charge in [-0.15, -0.1) is 11.6 Å². The highest BCUT2D eigenvalue weighted by molar-refractivity contribution is 6.17. The van der Waals surface area contributed by atoms with Crippen molar-refractivity contribution in [1.29, 1.82) is 0 Å². The van der Waals surface area contributed by atoms with Gasteiger partial charge in [-0.25, -0.2) is 0 Å². The Hall–Kier alpha value is -1.22. The third-order valence-electron chi connectivity index (χ3n) is 3.25. The highest BCUT2D eigenvalue weighted by atomic mass is 35.5. The number of rotatable bonds is 9. The van der Waals surface area contributed by atoms with Gasteiger partial charge in [0.25, 0.3) is 5.91 Å². The molecule has 0 saturated heterocycles. The van der Waals surface area contributed by atoms with E-state index in [2.05, 4.69) is 12.2 Å². The van der Waals surface area contributed by atoms with Gasteiger partial charge in [0.15, 0.2) is 0 Å². The summed E-state index contributed by atoms with van der Waals surface area (Å²) in [5.74, 6) is 1.84. The van der Waals surface area contributed by atoms with Crippen molar-refractivity contribution in [3.63, 3.8) is 0 Å². The molecule has 118 valence electrons. The molecule has 1 atom stereocenters. The fourth-order valence-electron chi connectivity index (χ4n) is 2.21. The van der Waals surface area contributed by atoms with Gasteiger partial charge in [0.2, 0.25) is 0 Å². The van der Waals surface area contributed by atoms with Crippen LogP contribution in [0.4, 0.5) is 0 Å². The summed E-state index contributed by atoms with van der Waals surface area (Å²) in [6.45, 7) is 6.79. The van der Waals surface area contributed by atoms with E-state index < -0.39 is 0 Å². The van der Waals surface area contributed by atoms with E-state index in [0.717, 1.165) is 25.0 Å². The van der Waals surface area contributed by atoms with Gasteiger partial charge in [-0.3, -0.25) is 4.79 Å². The summed E-state index contributed by atoms with van der Waals surface area (Å²) in [6.07, 6.45) is 3.28. The standard InChI is InChI=1S/C17H26ClNO2/c1-4-5-14(10-11-18)12-19-17(20)15-6-8-16(9-7-15)21-13(2)3/h6-9,13-14H,4-5,10-12H2,1-3H3,(H,19,20). The maximum atomic E-state index is 12.1. The predicted octanol–water partition coefficient (Wildman–Crippen LogP) is 4.25. The molecule has 1 unspecified atom stereocenters. The molecule has 0 heterocycles. The Balaban J connectivity index is 2.50. The minimum atomic E-state index is -0.0400. The van der Waals surface area contributed by atoms with E-state index in [-0.39, 0.29) is 12.0 Å². The van der Waals surface area contributed by atoms with Crippen LogP contribution in [-0.4, -0.2) is 24.4 Å². The lowest BCUT2D eigenvalue weighted by atomic mass is 10.0. The molecule has 0 fully saturated rings. The molecule has 0 aliphatic carbocycles. The fourth-order valence-corrected chi connectivity index (χ4v) is 2.52. The summed E-state index contributed by atoms with van der Waals surface area (Å²) in [6, 6.07) is 7.25. The van der Waals surface area contributed by atoms with Crippen LogP contribution in [0.15, 0.2) is 24.3 Å². The van der Waals surface area contributed by atoms with Gasteiger partial charge in [0, 0.05) is 18.0 Å². The van der Waals surface area contributed by atoms with Crippen LogP contribution in [0, 0.1) is 5.92 Å². The minimum absolute atomic E-state index is 0.0400. The van der Waals surface area contributed by atoms with Crippen molar-refractivity contribution in [2.24, 2.45) is 5.92 Å². The zero-order chi connectivity index (χ0) is 15.7. The van der Waals surface area contributed by atoms with Crippen LogP contribution >= 0.6 is 11.6 Å². The Kier molecular flexibility index (Phi) is 8.21. The highest BCUT2D eigenvalue weighted by Crippen LogP contribution is 2.15. The van der Waals surface area contributed by atoms with Gasteiger partial charge < -0.3 is 10.1 Å². The Morgan fingerprint density at radius 2 is 1.90 bits per heavy atom. The van der Waals surface area contributed by atoms with Crippen LogP contribution < -0.4 is 10.1 Å². The first-order valence-corrected chi connectivity index (χ1v) is 8.21. The highest BCUT2D eigenvalue weighted by Gasteiger charge is 2.11. The summed E-state index contributed by atoms with van der Waals surface area (Å²) in [5.41, 5.74) is 0.659. The summed E-state index contributed by atoms with van der Waals surface area (Å²) >= 11 is 5.80. The van der Waals surface area contributed by atoms with Crippen molar-refractivity contribution in [3.05, 3.63) is 29.8 Å². The molecule has 3 nitrogen and oxygen atoms in total. The molecule has 1 aromatic carbocycles. The maximum Gasteiger partial charge on any atom is 0.251 e. The minimum Gasteiger partial charge on any atom is -0.491 e. The van der Waals surface area contributed by atoms with E-state index >= 15 is 0 Å². The van der Waals surface area contributed by atoms with Crippen molar-refractivity contribution in [1.82, 2.24) is 5.32 Å². The number of benzene rings is 1. The van der Waals surface area contributed by atoms with Crippen LogP contribution in [0.1, 0.15) is 50.4 Å². The van der Waals surface area contributed by atoms with Crippen molar-refractivity contribution < 1.29 is 9.53 Å². The first-order valence-electron chi connectivity index (χ1n) is 7.67. The lowest BCUT2D eigenvalue weighted by molar-refractivity contribution is 0.0946. The third-order valence-corrected chi connectivity index (χ3v) is 3.47. The lowest BCUT2D eigenvalue weighted by Gasteiger charge is -2.15. The number of hydrogen-bond donors (Lipinski definition) is 1. The molecule has 4 heteroatoms. The van der Waals surface area contributed by atoms with Crippen molar-refractivity contribution in [3.8, 4) is 5.75 Å². The second kappa shape index (κ2) is 9.67. The number of halogens is 1. The lowest BCUT2D eigenvalue weighted by Crippen LogP contribution is -2.29. The third kappa shape index (κ3) is 6.85. The summed E-state index contributed by atoms with van der Waals surface area (Å²) in [5, 5.41) is 2.99. The number of alkyl halides is 1. The van der Waals surface area contributed by atoms with E-state index in [1.54, 1.807) is 12.1 Å². The number of amides is 1. The van der Waals surface area contributed by atoms with Gasteiger partial charge in [-0.05, 0) is 56.9 Å². The van der Waals surface area contributed by atoms with E-state index in [1.807, 2.05) is 26.0 Å². The molecule has 1 N–H and O–H groups in total. The fraction of sp³-hybridized carbons (Fsp3) is 0.588. The molecule has 1 amide bonds. The monoisotopic (exact) mass is 311 g/mol. The zero-order valence-electron chi connectivity index (χ0n) is 13.2. The normalized spacial score (nSPS) is 12.2. The second-order valence-electron chi connectivity index (χ2n) is 5.53. The van der Waals surface area contributed by atoms with Crippen LogP contribution in [-0.2, 0) is 0 Å². The van der Waals surface area contributed by atoms with E-state index in [9.17, 15) is 4.79 Å². The SMILES string of the molecule is CCCC(CCCl)CNC(=O)c1ccc(OC(C)C)cc1. The number of nitrogens with one attached hydrogen (secondary N) is 1. The van der Waals surface area contributed by atoms with E-state index in [1.165, 1.54) is 0 Å². The average molecular weight is 312 g/mol. The van der Waals surface area contributed by atoms with Crippen LogP contribution in [0.3, 0.4) is 0 Å². The molecule has 0 aromatic heterocycles. The molecular formula is C17H26ClNO2. The Labute approximate surface area is 133 Å². The molecule has 0 aliphatic rings. The molecule has 0 saturated carbocycles. The molecule has 0 aliphatic heterocycles. The smallest absolute Gasteiger partial charge is 0.251 e. The Morgan fingerprint density at radius 3 is 2.43 bits per heavy atom. The van der Waals surface area contributed by atoms with Crippen molar-refractivity contribution in [2.45, 2.75) is 46.1 Å². The summed E-state index contributed by atoms with van der Waals surface area (Å²) in [7, 11) is 0. The van der Waals surface area contributed by atoms with Crippen LogP contribution in [0.25, 0.3) is 0 Å². The molecular weight excluding hydrogens is 286 g/mol. The quantitative estimate of drug-likeness (QED) is 0.692. The Morgan fingerprint density at radius 1 is 1.24 bits per heavy atom. The van der Waals surface area contributed by atoms with E-state index in [0.29, 0.717) is 23.9 Å². The van der Waals surface area contributed by atoms with Crippen molar-refractivity contribution in [2.75, 3.05) is 12.4 Å². The maximum absolute atomic E-state index is 12.1. The number of hydrogen-bond acceptors (Lipinski definition) is 2. The van der Waals surface area contributed by atoms with Gasteiger partial charge in [-0.2, -0.15) is 0 Å². The van der Waals surface area contributed by atoms with Gasteiger partial charge in [0.1, 0.15) is 5.75 Å². The number of ether oxygens (including phenoxy) is 1. The number of carbonyl (C=O) groups is 1. The second-order valence-corrected chi connectivity index (χ2v) is 5.91. The van der Waals surface area contributed by atoms with Crippen LogP contribution in [0.5, 0.6) is 5.75 Å². The summed E-state index contributed by atoms with van der Waals surface area (Å²) < 4.78 is 5.56. The largest absolute Gasteiger partial charge is 0.491 e. The molecule has 0 bridgehead atoms. The number of carbonyl (C=O) groups excluding carboxylic acids is 1. The zero-order valence-corrected chi connectivity index (χ0v) is 14.0. The summed E-state index contributed by atoms with van der Waals surface area (Å²) in [4.78, 5) is 12.1. The van der Waals surface area contributed by atoms with E-state index in [4.69, 9.17) is 16.3 Å². The van der Waals surface area contributed by atoms with Gasteiger partial charge >= 0.3 is 0 Å². The predicted molar refractivity (Wildman–Crippen MR) is 88.3 cm³/mol. The average Bonchev–Trinajstić information content (AvgIpc) is 2.45. The van der Waals surface area contributed by atoms with Crippen molar-refractivity contribution >= 4 is 17.5 Å². The molecule has 1 aromatic rings. The molecule has 0 spiro atoms. The van der Waals surface area contributed by atoms with Gasteiger partial charge in [-0.1, -0.05) is 13.3 Å². The first-order chi connectivity index (χ1) is 10.1. The van der Waals surface area contributed by atoms with Gasteiger partial charge in [0.05, 0.1) is 6.10 Å². The first kappa shape index (κ1) is 17.8. The molecule has 0 radical (unpaired) electrons. The molecule has 21 heavy (non-hydrogen) atoms. The molecule has 1 rings (SSSR count). The van der Waals surface area contributed by atoms with Crippen LogP contribution in [0.2, 0.25) is 0 Å². The topological polar surface area (TPSA) is 38.3 Å².